The summed E-state index contributed by atoms with van der Waals surface area (Å²) < 4.78 is 6.77. The van der Waals surface area contributed by atoms with E-state index in [1.807, 2.05) is 13.8 Å². The van der Waals surface area contributed by atoms with Gasteiger partial charge in [-0.1, -0.05) is 0 Å². The van der Waals surface area contributed by atoms with Crippen LogP contribution in [0.25, 0.3) is 11.0 Å². The first-order valence-corrected chi connectivity index (χ1v) is 7.31. The van der Waals surface area contributed by atoms with E-state index in [0.717, 1.165) is 16.8 Å². The van der Waals surface area contributed by atoms with Gasteiger partial charge in [-0.05, 0) is 37.1 Å². The van der Waals surface area contributed by atoms with Crippen molar-refractivity contribution in [2.45, 2.75) is 26.8 Å². The van der Waals surface area contributed by atoms with Gasteiger partial charge in [-0.15, -0.1) is 0 Å². The summed E-state index contributed by atoms with van der Waals surface area (Å²) in [5.41, 5.74) is 2.95. The van der Waals surface area contributed by atoms with Gasteiger partial charge in [0.05, 0.1) is 18.1 Å². The number of aromatic nitrogens is 3. The molecule has 7 nitrogen and oxygen atoms in total. The van der Waals surface area contributed by atoms with Crippen molar-refractivity contribution in [2.75, 3.05) is 0 Å². The van der Waals surface area contributed by atoms with Crippen LogP contribution in [-0.2, 0) is 24.8 Å². The summed E-state index contributed by atoms with van der Waals surface area (Å²) in [6, 6.07) is 3.50. The van der Waals surface area contributed by atoms with Crippen LogP contribution in [-0.4, -0.2) is 20.7 Å². The Morgan fingerprint density at radius 2 is 2.22 bits per heavy atom. The van der Waals surface area contributed by atoms with E-state index in [2.05, 4.69) is 15.4 Å². The molecule has 0 atom stereocenters. The maximum absolute atomic E-state index is 12.0. The predicted octanol–water partition coefficient (Wildman–Crippen LogP) is 1.33. The molecule has 0 saturated carbocycles. The van der Waals surface area contributed by atoms with Crippen LogP contribution in [0.5, 0.6) is 0 Å². The van der Waals surface area contributed by atoms with E-state index >= 15 is 0 Å². The van der Waals surface area contributed by atoms with Crippen molar-refractivity contribution < 1.29 is 9.21 Å². The number of rotatable bonds is 4. The number of H-pyrrole nitrogens is 1. The summed E-state index contributed by atoms with van der Waals surface area (Å²) in [4.78, 5) is 28.5. The molecule has 3 heterocycles. The van der Waals surface area contributed by atoms with E-state index in [0.29, 0.717) is 23.3 Å². The van der Waals surface area contributed by atoms with Gasteiger partial charge >= 0.3 is 0 Å². The molecule has 0 unspecified atom stereocenters. The standard InChI is InChI=1S/C16H18N4O3/c1-9-12(8-17-13(21)7-11-5-4-6-23-11)10(2)18-15-14(9)16(22)19-20(15)3/h4-6H,7-8H2,1-3H3,(H,17,21)(H,19,22). The number of pyridine rings is 1. The maximum Gasteiger partial charge on any atom is 0.273 e. The van der Waals surface area contributed by atoms with Crippen LogP contribution in [0.3, 0.4) is 0 Å². The predicted molar refractivity (Wildman–Crippen MR) is 85.1 cm³/mol. The zero-order valence-corrected chi connectivity index (χ0v) is 13.3. The van der Waals surface area contributed by atoms with E-state index in [1.54, 1.807) is 23.9 Å². The second-order valence-electron chi connectivity index (χ2n) is 5.53. The van der Waals surface area contributed by atoms with Gasteiger partial charge in [-0.2, -0.15) is 0 Å². The SMILES string of the molecule is Cc1nc2c(c(C)c1CNC(=O)Cc1ccco1)c(=O)[nH]n2C. The Morgan fingerprint density at radius 3 is 2.91 bits per heavy atom. The third-order valence-corrected chi connectivity index (χ3v) is 3.95. The third-order valence-electron chi connectivity index (χ3n) is 3.95. The number of aromatic amines is 1. The lowest BCUT2D eigenvalue weighted by atomic mass is 10.0. The first-order valence-electron chi connectivity index (χ1n) is 7.31. The van der Waals surface area contributed by atoms with E-state index in [9.17, 15) is 9.59 Å². The molecule has 3 rings (SSSR count). The van der Waals surface area contributed by atoms with Gasteiger partial charge < -0.3 is 9.73 Å². The van der Waals surface area contributed by atoms with Crippen molar-refractivity contribution in [1.29, 1.82) is 0 Å². The smallest absolute Gasteiger partial charge is 0.273 e. The number of nitrogens with zero attached hydrogens (tertiary/aromatic N) is 2. The summed E-state index contributed by atoms with van der Waals surface area (Å²) in [7, 11) is 1.75. The Morgan fingerprint density at radius 1 is 1.43 bits per heavy atom. The zero-order valence-electron chi connectivity index (χ0n) is 13.3. The van der Waals surface area contributed by atoms with Crippen molar-refractivity contribution in [3.8, 4) is 0 Å². The number of carbonyl (C=O) groups excluding carboxylic acids is 1. The molecule has 23 heavy (non-hydrogen) atoms. The van der Waals surface area contributed by atoms with Crippen molar-refractivity contribution in [3.05, 3.63) is 51.3 Å². The molecular weight excluding hydrogens is 296 g/mol. The van der Waals surface area contributed by atoms with Crippen LogP contribution < -0.4 is 10.9 Å². The fourth-order valence-electron chi connectivity index (χ4n) is 2.73. The fraction of sp³-hybridized carbons (Fsp3) is 0.312. The Hall–Kier alpha value is -2.83. The van der Waals surface area contributed by atoms with Gasteiger partial charge in [0, 0.05) is 19.3 Å². The minimum atomic E-state index is -0.171. The Kier molecular flexibility index (Phi) is 3.77. The number of fused-ring (bicyclic) bond motifs is 1. The summed E-state index contributed by atoms with van der Waals surface area (Å²) in [6.45, 7) is 4.08. The molecule has 3 aromatic rings. The molecule has 2 N–H and O–H groups in total. The largest absolute Gasteiger partial charge is 0.469 e. The molecule has 0 spiro atoms. The average molecular weight is 314 g/mol. The van der Waals surface area contributed by atoms with E-state index < -0.39 is 0 Å². The molecule has 0 fully saturated rings. The molecule has 0 saturated heterocycles. The van der Waals surface area contributed by atoms with Crippen molar-refractivity contribution in [3.63, 3.8) is 0 Å². The molecular formula is C16H18N4O3. The Bertz CT molecular complexity index is 919. The first-order chi connectivity index (χ1) is 11.0. The molecule has 3 aromatic heterocycles. The number of nitrogens with one attached hydrogen (secondary N) is 2. The highest BCUT2D eigenvalue weighted by Gasteiger charge is 2.16. The van der Waals surface area contributed by atoms with Gasteiger partial charge in [-0.3, -0.25) is 19.4 Å². The van der Waals surface area contributed by atoms with Gasteiger partial charge in [0.15, 0.2) is 5.65 Å². The zero-order chi connectivity index (χ0) is 16.6. The lowest BCUT2D eigenvalue weighted by molar-refractivity contribution is -0.120. The molecule has 0 aromatic carbocycles. The second-order valence-corrected chi connectivity index (χ2v) is 5.53. The fourth-order valence-corrected chi connectivity index (χ4v) is 2.73. The van der Waals surface area contributed by atoms with Crippen LogP contribution >= 0.6 is 0 Å². The topological polar surface area (TPSA) is 92.9 Å². The van der Waals surface area contributed by atoms with Gasteiger partial charge in [0.2, 0.25) is 5.91 Å². The number of carbonyl (C=O) groups is 1. The Labute approximate surface area is 132 Å². The molecule has 0 radical (unpaired) electrons. The first kappa shape index (κ1) is 15.1. The summed E-state index contributed by atoms with van der Waals surface area (Å²) in [5.74, 6) is 0.477. The average Bonchev–Trinajstić information content (AvgIpc) is 3.07. The van der Waals surface area contributed by atoms with Gasteiger partial charge in [-0.25, -0.2) is 4.98 Å². The number of amides is 1. The number of aryl methyl sites for hydroxylation is 3. The number of hydrogen-bond acceptors (Lipinski definition) is 4. The molecule has 0 aliphatic carbocycles. The maximum atomic E-state index is 12.0. The highest BCUT2D eigenvalue weighted by Crippen LogP contribution is 2.19. The van der Waals surface area contributed by atoms with Gasteiger partial charge in [0.25, 0.3) is 5.56 Å². The monoisotopic (exact) mass is 314 g/mol. The second kappa shape index (κ2) is 5.75. The van der Waals surface area contributed by atoms with Crippen LogP contribution in [0.15, 0.2) is 27.6 Å². The molecule has 7 heteroatoms. The number of furan rings is 1. The van der Waals surface area contributed by atoms with Crippen LogP contribution in [0.4, 0.5) is 0 Å². The lowest BCUT2D eigenvalue weighted by Crippen LogP contribution is -2.25. The van der Waals surface area contributed by atoms with E-state index in [1.165, 1.54) is 6.26 Å². The summed E-state index contributed by atoms with van der Waals surface area (Å²) in [5, 5.41) is 6.12. The van der Waals surface area contributed by atoms with Crippen LogP contribution in [0.2, 0.25) is 0 Å². The molecule has 120 valence electrons. The normalized spacial score (nSPS) is 11.1. The van der Waals surface area contributed by atoms with E-state index in [4.69, 9.17) is 4.42 Å². The van der Waals surface area contributed by atoms with Crippen molar-refractivity contribution in [2.24, 2.45) is 7.05 Å². The summed E-state index contributed by atoms with van der Waals surface area (Å²) in [6.07, 6.45) is 1.73. The minimum Gasteiger partial charge on any atom is -0.469 e. The molecule has 0 aliphatic heterocycles. The Balaban J connectivity index is 1.84. The van der Waals surface area contributed by atoms with Crippen molar-refractivity contribution >= 4 is 16.9 Å². The summed E-state index contributed by atoms with van der Waals surface area (Å²) >= 11 is 0. The lowest BCUT2D eigenvalue weighted by Gasteiger charge is -2.11. The molecule has 1 amide bonds. The van der Waals surface area contributed by atoms with E-state index in [-0.39, 0.29) is 17.9 Å². The van der Waals surface area contributed by atoms with Crippen LogP contribution in [0, 0.1) is 13.8 Å². The van der Waals surface area contributed by atoms with Crippen LogP contribution in [0.1, 0.15) is 22.6 Å². The molecule has 0 bridgehead atoms. The highest BCUT2D eigenvalue weighted by molar-refractivity contribution is 5.81. The van der Waals surface area contributed by atoms with Crippen molar-refractivity contribution in [1.82, 2.24) is 20.1 Å². The van der Waals surface area contributed by atoms with Gasteiger partial charge in [0.1, 0.15) is 5.76 Å². The third kappa shape index (κ3) is 2.77. The highest BCUT2D eigenvalue weighted by atomic mass is 16.3. The minimum absolute atomic E-state index is 0.138. The number of hydrogen-bond donors (Lipinski definition) is 2. The molecule has 0 aliphatic rings. The quantitative estimate of drug-likeness (QED) is 0.760.